The Bertz CT molecular complexity index is 966. The Morgan fingerprint density at radius 3 is 2.71 bits per heavy atom. The zero-order chi connectivity index (χ0) is 18.9. The summed E-state index contributed by atoms with van der Waals surface area (Å²) < 4.78 is 16.2. The molecule has 1 fully saturated rings. The van der Waals surface area contributed by atoms with Crippen LogP contribution in [0.15, 0.2) is 54.6 Å². The van der Waals surface area contributed by atoms with Crippen molar-refractivity contribution in [3.8, 4) is 5.69 Å². The molecular formula is C23H25FN4. The number of anilines is 1. The lowest BCUT2D eigenvalue weighted by Crippen LogP contribution is -2.33. The third-order valence-corrected chi connectivity index (χ3v) is 5.92. The van der Waals surface area contributed by atoms with Crippen molar-refractivity contribution in [1.29, 1.82) is 0 Å². The average Bonchev–Trinajstić information content (AvgIpc) is 3.33. The Labute approximate surface area is 165 Å². The molecule has 0 bridgehead atoms. The molecule has 144 valence electrons. The van der Waals surface area contributed by atoms with E-state index in [-0.39, 0.29) is 11.9 Å². The van der Waals surface area contributed by atoms with Crippen LogP contribution in [0.25, 0.3) is 5.69 Å². The normalized spacial score (nSPS) is 19.4. The van der Waals surface area contributed by atoms with Crippen LogP contribution in [0.3, 0.4) is 0 Å². The second-order valence-corrected chi connectivity index (χ2v) is 7.72. The van der Waals surface area contributed by atoms with Crippen LogP contribution in [0, 0.1) is 5.82 Å². The number of hydrogen-bond acceptors (Lipinski definition) is 3. The zero-order valence-electron chi connectivity index (χ0n) is 15.9. The molecule has 0 aliphatic carbocycles. The molecule has 1 atom stereocenters. The minimum atomic E-state index is -0.238. The van der Waals surface area contributed by atoms with Crippen LogP contribution in [-0.4, -0.2) is 27.8 Å². The fourth-order valence-electron chi connectivity index (χ4n) is 4.57. The zero-order valence-corrected chi connectivity index (χ0v) is 15.9. The van der Waals surface area contributed by atoms with Gasteiger partial charge in [-0.2, -0.15) is 5.10 Å². The number of fused-ring (bicyclic) bond motifs is 1. The van der Waals surface area contributed by atoms with Gasteiger partial charge in [-0.3, -0.25) is 4.90 Å². The minimum absolute atomic E-state index is 0.238. The fraction of sp³-hybridized carbons (Fsp3) is 0.348. The largest absolute Gasteiger partial charge is 0.369 e. The summed E-state index contributed by atoms with van der Waals surface area (Å²) in [6.07, 6.45) is 4.49. The standard InChI is InChI=1S/C23H25FN4/c24-19-10-4-5-11-20(19)28-23-18(13-14-25-23)22(26-28)21-12-6-7-15-27(21)16-17-8-2-1-3-9-17/h1-5,8-11,21,25H,6-7,12-16H2. The summed E-state index contributed by atoms with van der Waals surface area (Å²) in [5.74, 6) is 0.725. The third-order valence-electron chi connectivity index (χ3n) is 5.92. The summed E-state index contributed by atoms with van der Waals surface area (Å²) >= 11 is 0. The molecule has 2 aliphatic heterocycles. The number of nitrogens with zero attached hydrogens (tertiary/aromatic N) is 3. The van der Waals surface area contributed by atoms with Gasteiger partial charge in [0, 0.05) is 18.7 Å². The van der Waals surface area contributed by atoms with Crippen LogP contribution in [-0.2, 0) is 13.0 Å². The number of hydrogen-bond donors (Lipinski definition) is 1. The van der Waals surface area contributed by atoms with E-state index in [1.807, 2.05) is 6.07 Å². The maximum atomic E-state index is 14.5. The van der Waals surface area contributed by atoms with Crippen LogP contribution in [0.4, 0.5) is 10.2 Å². The highest BCUT2D eigenvalue weighted by Gasteiger charge is 2.33. The summed E-state index contributed by atoms with van der Waals surface area (Å²) in [5, 5.41) is 8.38. The van der Waals surface area contributed by atoms with Crippen molar-refractivity contribution in [3.63, 3.8) is 0 Å². The number of para-hydroxylation sites is 1. The van der Waals surface area contributed by atoms with Gasteiger partial charge in [0.25, 0.3) is 0 Å². The third kappa shape index (κ3) is 3.10. The molecule has 4 nitrogen and oxygen atoms in total. The first-order valence-electron chi connectivity index (χ1n) is 10.2. The van der Waals surface area contributed by atoms with E-state index in [1.54, 1.807) is 16.8 Å². The molecule has 0 spiro atoms. The SMILES string of the molecule is Fc1ccccc1-n1nc(C2CCCCN2Cc2ccccc2)c2c1NCC2. The van der Waals surface area contributed by atoms with E-state index in [4.69, 9.17) is 5.10 Å². The van der Waals surface area contributed by atoms with Gasteiger partial charge in [-0.15, -0.1) is 0 Å². The number of likely N-dealkylation sites (tertiary alicyclic amines) is 1. The Morgan fingerprint density at radius 1 is 1.04 bits per heavy atom. The van der Waals surface area contributed by atoms with Gasteiger partial charge in [-0.25, -0.2) is 9.07 Å². The van der Waals surface area contributed by atoms with Crippen molar-refractivity contribution < 1.29 is 4.39 Å². The van der Waals surface area contributed by atoms with E-state index in [9.17, 15) is 4.39 Å². The predicted octanol–water partition coefficient (Wildman–Crippen LogP) is 4.71. The number of piperidine rings is 1. The highest BCUT2D eigenvalue weighted by molar-refractivity contribution is 5.58. The van der Waals surface area contributed by atoms with E-state index in [0.29, 0.717) is 5.69 Å². The quantitative estimate of drug-likeness (QED) is 0.716. The van der Waals surface area contributed by atoms with Crippen LogP contribution in [0.5, 0.6) is 0 Å². The van der Waals surface area contributed by atoms with Gasteiger partial charge in [-0.1, -0.05) is 48.9 Å². The number of nitrogens with one attached hydrogen (secondary N) is 1. The number of halogens is 1. The first-order chi connectivity index (χ1) is 13.8. The first-order valence-corrected chi connectivity index (χ1v) is 10.2. The second kappa shape index (κ2) is 7.40. The Hall–Kier alpha value is -2.66. The van der Waals surface area contributed by atoms with Crippen molar-refractivity contribution in [2.24, 2.45) is 0 Å². The van der Waals surface area contributed by atoms with E-state index in [1.165, 1.54) is 30.0 Å². The molecule has 28 heavy (non-hydrogen) atoms. The van der Waals surface area contributed by atoms with Gasteiger partial charge >= 0.3 is 0 Å². The van der Waals surface area contributed by atoms with Crippen molar-refractivity contribution in [2.45, 2.75) is 38.3 Å². The molecule has 5 rings (SSSR count). The molecule has 0 radical (unpaired) electrons. The molecule has 0 saturated carbocycles. The summed E-state index contributed by atoms with van der Waals surface area (Å²) in [6.45, 7) is 2.90. The van der Waals surface area contributed by atoms with Gasteiger partial charge in [0.1, 0.15) is 17.3 Å². The van der Waals surface area contributed by atoms with Crippen molar-refractivity contribution in [1.82, 2.24) is 14.7 Å². The first kappa shape index (κ1) is 17.4. The molecular weight excluding hydrogens is 351 g/mol. The molecule has 3 aromatic rings. The van der Waals surface area contributed by atoms with Gasteiger partial charge < -0.3 is 5.32 Å². The van der Waals surface area contributed by atoms with Gasteiger partial charge in [0.15, 0.2) is 0 Å². The number of aromatic nitrogens is 2. The molecule has 1 aromatic heterocycles. The number of rotatable bonds is 4. The summed E-state index contributed by atoms with van der Waals surface area (Å²) in [4.78, 5) is 2.55. The van der Waals surface area contributed by atoms with E-state index < -0.39 is 0 Å². The minimum Gasteiger partial charge on any atom is -0.369 e. The highest BCUT2D eigenvalue weighted by atomic mass is 19.1. The lowest BCUT2D eigenvalue weighted by molar-refractivity contribution is 0.136. The van der Waals surface area contributed by atoms with Gasteiger partial charge in [-0.05, 0) is 43.5 Å². The fourth-order valence-corrected chi connectivity index (χ4v) is 4.57. The van der Waals surface area contributed by atoms with Crippen molar-refractivity contribution >= 4 is 5.82 Å². The molecule has 5 heteroatoms. The molecule has 2 aromatic carbocycles. The van der Waals surface area contributed by atoms with Crippen LogP contribution in [0.1, 0.15) is 42.1 Å². The predicted molar refractivity (Wildman–Crippen MR) is 109 cm³/mol. The van der Waals surface area contributed by atoms with Crippen molar-refractivity contribution in [2.75, 3.05) is 18.4 Å². The van der Waals surface area contributed by atoms with E-state index in [0.717, 1.165) is 44.0 Å². The van der Waals surface area contributed by atoms with Crippen LogP contribution >= 0.6 is 0 Å². The molecule has 1 N–H and O–H groups in total. The Balaban J connectivity index is 1.53. The lowest BCUT2D eigenvalue weighted by atomic mass is 9.95. The lowest BCUT2D eigenvalue weighted by Gasteiger charge is -2.35. The molecule has 0 amide bonds. The molecule has 2 aliphatic rings. The van der Waals surface area contributed by atoms with Crippen LogP contribution in [0.2, 0.25) is 0 Å². The maximum absolute atomic E-state index is 14.5. The van der Waals surface area contributed by atoms with Crippen molar-refractivity contribution in [3.05, 3.63) is 77.2 Å². The van der Waals surface area contributed by atoms with E-state index >= 15 is 0 Å². The number of benzene rings is 2. The smallest absolute Gasteiger partial charge is 0.148 e. The Morgan fingerprint density at radius 2 is 1.86 bits per heavy atom. The highest BCUT2D eigenvalue weighted by Crippen LogP contribution is 2.39. The Kier molecular flexibility index (Phi) is 4.61. The monoisotopic (exact) mass is 376 g/mol. The summed E-state index contributed by atoms with van der Waals surface area (Å²) in [7, 11) is 0. The maximum Gasteiger partial charge on any atom is 0.148 e. The summed E-state index contributed by atoms with van der Waals surface area (Å²) in [5.41, 5.74) is 4.23. The second-order valence-electron chi connectivity index (χ2n) is 7.72. The van der Waals surface area contributed by atoms with Gasteiger partial charge in [0.05, 0.1) is 11.7 Å². The van der Waals surface area contributed by atoms with E-state index in [2.05, 4.69) is 40.5 Å². The average molecular weight is 376 g/mol. The molecule has 1 saturated heterocycles. The van der Waals surface area contributed by atoms with Gasteiger partial charge in [0.2, 0.25) is 0 Å². The molecule has 3 heterocycles. The molecule has 1 unspecified atom stereocenters. The topological polar surface area (TPSA) is 33.1 Å². The van der Waals surface area contributed by atoms with Crippen LogP contribution < -0.4 is 5.32 Å². The summed E-state index contributed by atoms with van der Waals surface area (Å²) in [6, 6.07) is 17.8.